The molecule has 0 atom stereocenters. The van der Waals surface area contributed by atoms with Crippen LogP contribution < -0.4 is 15.4 Å². The van der Waals surface area contributed by atoms with Gasteiger partial charge in [-0.25, -0.2) is 13.1 Å². The van der Waals surface area contributed by atoms with Crippen LogP contribution in [0.1, 0.15) is 31.7 Å². The number of rotatable bonds is 9. The largest absolute Gasteiger partial charge is 0.355 e. The molecule has 1 aliphatic heterocycles. The maximum absolute atomic E-state index is 12.1. The normalized spacial score (nSPS) is 17.0. The smallest absolute Gasteiger partial charge is 0.213 e. The summed E-state index contributed by atoms with van der Waals surface area (Å²) in [4.78, 5) is 6.70. The maximum Gasteiger partial charge on any atom is 0.213 e. The number of benzene rings is 1. The number of nitrogens with zero attached hydrogens (tertiary/aromatic N) is 2. The highest BCUT2D eigenvalue weighted by atomic mass is 32.2. The Kier molecular flexibility index (Phi) is 9.03. The molecule has 8 heteroatoms. The predicted octanol–water partition coefficient (Wildman–Crippen LogP) is 1.15. The summed E-state index contributed by atoms with van der Waals surface area (Å²) < 4.78 is 26.9. The Morgan fingerprint density at radius 3 is 2.56 bits per heavy atom. The van der Waals surface area contributed by atoms with Gasteiger partial charge in [0, 0.05) is 39.3 Å². The molecule has 0 radical (unpaired) electrons. The molecule has 2 rings (SSSR count). The quantitative estimate of drug-likeness (QED) is 0.431. The molecular formula is C19H33N5O2S. The fourth-order valence-electron chi connectivity index (χ4n) is 3.17. The lowest BCUT2D eigenvalue weighted by Crippen LogP contribution is -2.49. The monoisotopic (exact) mass is 395 g/mol. The number of sulfonamides is 1. The first-order valence-corrected chi connectivity index (χ1v) is 11.4. The number of hydrogen-bond donors (Lipinski definition) is 3. The van der Waals surface area contributed by atoms with Gasteiger partial charge in [0.25, 0.3) is 0 Å². The molecule has 0 aliphatic carbocycles. The van der Waals surface area contributed by atoms with Gasteiger partial charge in [-0.3, -0.25) is 4.99 Å². The molecule has 27 heavy (non-hydrogen) atoms. The molecule has 0 amide bonds. The summed E-state index contributed by atoms with van der Waals surface area (Å²) >= 11 is 0. The highest BCUT2D eigenvalue weighted by Crippen LogP contribution is 2.10. The van der Waals surface area contributed by atoms with E-state index < -0.39 is 10.0 Å². The summed E-state index contributed by atoms with van der Waals surface area (Å²) in [5.74, 6) is 0.678. The lowest BCUT2D eigenvalue weighted by atomic mass is 10.1. The van der Waals surface area contributed by atoms with Crippen LogP contribution >= 0.6 is 0 Å². The summed E-state index contributed by atoms with van der Waals surface area (Å²) in [6.45, 7) is 6.19. The van der Waals surface area contributed by atoms with Gasteiger partial charge in [-0.2, -0.15) is 0 Å². The molecule has 0 bridgehead atoms. The third kappa shape index (κ3) is 8.28. The van der Waals surface area contributed by atoms with Crippen molar-refractivity contribution in [2.45, 2.75) is 38.8 Å². The minimum atomic E-state index is -3.33. The van der Waals surface area contributed by atoms with E-state index in [1.165, 1.54) is 6.42 Å². The van der Waals surface area contributed by atoms with Crippen molar-refractivity contribution in [3.05, 3.63) is 35.9 Å². The Bertz CT molecular complexity index is 671. The third-order valence-corrected chi connectivity index (χ3v) is 6.02. The second-order valence-corrected chi connectivity index (χ2v) is 8.81. The number of aliphatic imine (C=N–C) groups is 1. The standard InChI is InChI=1S/C19H33N5O2S/c1-3-12-24-13-9-18(10-14-24)23-19(20-2)21-11-15-27(25,26)22-16-17-7-5-4-6-8-17/h4-8,18,22H,3,9-16H2,1-2H3,(H2,20,21,23). The van der Waals surface area contributed by atoms with Gasteiger partial charge in [0.15, 0.2) is 5.96 Å². The molecule has 0 spiro atoms. The van der Waals surface area contributed by atoms with Crippen LogP contribution in [0.2, 0.25) is 0 Å². The highest BCUT2D eigenvalue weighted by Gasteiger charge is 2.19. The first-order chi connectivity index (χ1) is 13.0. The van der Waals surface area contributed by atoms with Gasteiger partial charge in [0.2, 0.25) is 10.0 Å². The summed E-state index contributed by atoms with van der Waals surface area (Å²) in [6.07, 6.45) is 3.35. The molecule has 1 aromatic rings. The number of likely N-dealkylation sites (tertiary alicyclic amines) is 1. The number of piperidine rings is 1. The van der Waals surface area contributed by atoms with Crippen LogP contribution in [-0.2, 0) is 16.6 Å². The Labute approximate surface area is 163 Å². The first-order valence-electron chi connectivity index (χ1n) is 9.73. The van der Waals surface area contributed by atoms with Crippen LogP contribution in [0.15, 0.2) is 35.3 Å². The third-order valence-electron chi connectivity index (χ3n) is 4.69. The second kappa shape index (κ2) is 11.3. The Hall–Kier alpha value is -1.64. The summed E-state index contributed by atoms with van der Waals surface area (Å²) in [6, 6.07) is 9.89. The summed E-state index contributed by atoms with van der Waals surface area (Å²) in [5.41, 5.74) is 0.945. The summed E-state index contributed by atoms with van der Waals surface area (Å²) in [7, 11) is -1.62. The van der Waals surface area contributed by atoms with Crippen molar-refractivity contribution >= 4 is 16.0 Å². The van der Waals surface area contributed by atoms with Gasteiger partial charge < -0.3 is 15.5 Å². The van der Waals surface area contributed by atoms with Crippen LogP contribution in [0.4, 0.5) is 0 Å². The zero-order valence-corrected chi connectivity index (χ0v) is 17.3. The Morgan fingerprint density at radius 2 is 1.93 bits per heavy atom. The molecule has 0 unspecified atom stereocenters. The average molecular weight is 396 g/mol. The molecule has 1 aliphatic rings. The van der Waals surface area contributed by atoms with E-state index in [0.717, 1.165) is 38.0 Å². The molecule has 0 aromatic heterocycles. The van der Waals surface area contributed by atoms with E-state index in [1.54, 1.807) is 7.05 Å². The second-order valence-electron chi connectivity index (χ2n) is 6.88. The van der Waals surface area contributed by atoms with Gasteiger partial charge in [0.1, 0.15) is 0 Å². The number of guanidine groups is 1. The maximum atomic E-state index is 12.1. The minimum Gasteiger partial charge on any atom is -0.355 e. The predicted molar refractivity (Wildman–Crippen MR) is 111 cm³/mol. The van der Waals surface area contributed by atoms with Crippen molar-refractivity contribution in [1.29, 1.82) is 0 Å². The van der Waals surface area contributed by atoms with Crippen molar-refractivity contribution in [1.82, 2.24) is 20.3 Å². The van der Waals surface area contributed by atoms with Gasteiger partial charge in [-0.1, -0.05) is 37.3 Å². The van der Waals surface area contributed by atoms with Crippen molar-refractivity contribution in [2.75, 3.05) is 39.0 Å². The zero-order chi connectivity index (χ0) is 19.5. The lowest BCUT2D eigenvalue weighted by Gasteiger charge is -2.32. The van der Waals surface area contributed by atoms with E-state index in [1.807, 2.05) is 30.3 Å². The van der Waals surface area contributed by atoms with E-state index >= 15 is 0 Å². The molecule has 1 heterocycles. The van der Waals surface area contributed by atoms with Crippen LogP contribution in [0.25, 0.3) is 0 Å². The van der Waals surface area contributed by atoms with Crippen LogP contribution in [0.5, 0.6) is 0 Å². The first kappa shape index (κ1) is 21.7. The van der Waals surface area contributed by atoms with Crippen molar-refractivity contribution in [3.63, 3.8) is 0 Å². The van der Waals surface area contributed by atoms with Crippen molar-refractivity contribution in [2.24, 2.45) is 4.99 Å². The minimum absolute atomic E-state index is 0.00940. The van der Waals surface area contributed by atoms with Gasteiger partial charge in [-0.15, -0.1) is 0 Å². The average Bonchev–Trinajstić information content (AvgIpc) is 2.68. The van der Waals surface area contributed by atoms with E-state index in [-0.39, 0.29) is 5.75 Å². The molecule has 152 valence electrons. The van der Waals surface area contributed by atoms with Crippen LogP contribution in [-0.4, -0.2) is 64.3 Å². The fourth-order valence-corrected chi connectivity index (χ4v) is 4.07. The number of nitrogens with one attached hydrogen (secondary N) is 3. The van der Waals surface area contributed by atoms with Gasteiger partial charge in [-0.05, 0) is 31.4 Å². The van der Waals surface area contributed by atoms with E-state index in [9.17, 15) is 8.42 Å². The highest BCUT2D eigenvalue weighted by molar-refractivity contribution is 7.89. The van der Waals surface area contributed by atoms with Crippen LogP contribution in [0.3, 0.4) is 0 Å². The topological polar surface area (TPSA) is 85.8 Å². The molecular weight excluding hydrogens is 362 g/mol. The summed E-state index contributed by atoms with van der Waals surface area (Å²) in [5, 5.41) is 6.52. The molecule has 1 saturated heterocycles. The molecule has 7 nitrogen and oxygen atoms in total. The van der Waals surface area contributed by atoms with E-state index in [0.29, 0.717) is 25.1 Å². The molecule has 1 aromatic carbocycles. The molecule has 3 N–H and O–H groups in total. The van der Waals surface area contributed by atoms with E-state index in [4.69, 9.17) is 0 Å². The van der Waals surface area contributed by atoms with Crippen LogP contribution in [0, 0.1) is 0 Å². The molecule has 0 saturated carbocycles. The van der Waals surface area contributed by atoms with E-state index in [2.05, 4.69) is 32.2 Å². The zero-order valence-electron chi connectivity index (χ0n) is 16.4. The number of hydrogen-bond acceptors (Lipinski definition) is 4. The molecule has 1 fully saturated rings. The fraction of sp³-hybridized carbons (Fsp3) is 0.632. The van der Waals surface area contributed by atoms with Crippen molar-refractivity contribution < 1.29 is 8.42 Å². The van der Waals surface area contributed by atoms with Crippen molar-refractivity contribution in [3.8, 4) is 0 Å². The van der Waals surface area contributed by atoms with Gasteiger partial charge in [0.05, 0.1) is 5.75 Å². The SMILES string of the molecule is CCCN1CCC(NC(=NC)NCCS(=O)(=O)NCc2ccccc2)CC1. The Balaban J connectivity index is 1.68. The van der Waals surface area contributed by atoms with Gasteiger partial charge >= 0.3 is 0 Å². The lowest BCUT2D eigenvalue weighted by molar-refractivity contribution is 0.206. The Morgan fingerprint density at radius 1 is 1.22 bits per heavy atom.